The molecule has 0 unspecified atom stereocenters. The SMILES string of the molecule is O=C(CCc1ccc(N2CCOCC2)cc1)Nc1cccc2cccnc12. The van der Waals surface area contributed by atoms with Crippen LogP contribution >= 0.6 is 0 Å². The maximum Gasteiger partial charge on any atom is 0.224 e. The first-order valence-corrected chi connectivity index (χ1v) is 9.35. The molecular weight excluding hydrogens is 338 g/mol. The van der Waals surface area contributed by atoms with Crippen molar-refractivity contribution in [3.05, 3.63) is 66.4 Å². The van der Waals surface area contributed by atoms with E-state index in [4.69, 9.17) is 4.74 Å². The molecule has 0 saturated carbocycles. The lowest BCUT2D eigenvalue weighted by Gasteiger charge is -2.28. The lowest BCUT2D eigenvalue weighted by molar-refractivity contribution is -0.116. The largest absolute Gasteiger partial charge is 0.378 e. The number of anilines is 2. The summed E-state index contributed by atoms with van der Waals surface area (Å²) in [7, 11) is 0. The zero-order valence-corrected chi connectivity index (χ0v) is 15.2. The van der Waals surface area contributed by atoms with Crippen molar-refractivity contribution in [1.29, 1.82) is 0 Å². The standard InChI is InChI=1S/C22H23N3O2/c26-21(24-20-5-1-3-18-4-2-12-23-22(18)20)11-8-17-6-9-19(10-7-17)25-13-15-27-16-14-25/h1-7,9-10,12H,8,11,13-16H2,(H,24,26). The number of benzene rings is 2. The van der Waals surface area contributed by atoms with Gasteiger partial charge in [0.15, 0.2) is 0 Å². The number of fused-ring (bicyclic) bond motifs is 1. The van der Waals surface area contributed by atoms with Crippen molar-refractivity contribution in [2.45, 2.75) is 12.8 Å². The van der Waals surface area contributed by atoms with Gasteiger partial charge >= 0.3 is 0 Å². The van der Waals surface area contributed by atoms with E-state index in [0.717, 1.165) is 42.9 Å². The van der Waals surface area contributed by atoms with Gasteiger partial charge in [-0.3, -0.25) is 9.78 Å². The number of carbonyl (C=O) groups is 1. The van der Waals surface area contributed by atoms with E-state index in [1.54, 1.807) is 6.20 Å². The first kappa shape index (κ1) is 17.5. The first-order valence-electron chi connectivity index (χ1n) is 9.35. The predicted molar refractivity (Wildman–Crippen MR) is 108 cm³/mol. The minimum absolute atomic E-state index is 0.00501. The molecule has 1 fully saturated rings. The van der Waals surface area contributed by atoms with Crippen LogP contribution < -0.4 is 10.2 Å². The minimum Gasteiger partial charge on any atom is -0.378 e. The Labute approximate surface area is 159 Å². The monoisotopic (exact) mass is 361 g/mol. The fourth-order valence-electron chi connectivity index (χ4n) is 3.37. The van der Waals surface area contributed by atoms with Crippen LogP contribution in [0, 0.1) is 0 Å². The zero-order chi connectivity index (χ0) is 18.5. The summed E-state index contributed by atoms with van der Waals surface area (Å²) in [5.41, 5.74) is 3.97. The van der Waals surface area contributed by atoms with Crippen LogP contribution in [0.5, 0.6) is 0 Å². The summed E-state index contributed by atoms with van der Waals surface area (Å²) in [6.07, 6.45) is 2.90. The minimum atomic E-state index is 0.00501. The number of carbonyl (C=O) groups excluding carboxylic acids is 1. The predicted octanol–water partition coefficient (Wildman–Crippen LogP) is 3.64. The number of aromatic nitrogens is 1. The summed E-state index contributed by atoms with van der Waals surface area (Å²) in [6, 6.07) is 18.2. The van der Waals surface area contributed by atoms with Crippen LogP contribution in [-0.4, -0.2) is 37.2 Å². The third-order valence-electron chi connectivity index (χ3n) is 4.86. The molecule has 27 heavy (non-hydrogen) atoms. The lowest BCUT2D eigenvalue weighted by Crippen LogP contribution is -2.36. The molecule has 0 bridgehead atoms. The van der Waals surface area contributed by atoms with E-state index in [-0.39, 0.29) is 5.91 Å². The fourth-order valence-corrected chi connectivity index (χ4v) is 3.37. The van der Waals surface area contributed by atoms with Gasteiger partial charge in [-0.15, -0.1) is 0 Å². The van der Waals surface area contributed by atoms with E-state index in [0.29, 0.717) is 12.8 Å². The highest BCUT2D eigenvalue weighted by Gasteiger charge is 2.11. The summed E-state index contributed by atoms with van der Waals surface area (Å²) in [6.45, 7) is 3.43. The highest BCUT2D eigenvalue weighted by Crippen LogP contribution is 2.21. The number of rotatable bonds is 5. The summed E-state index contributed by atoms with van der Waals surface area (Å²) >= 11 is 0. The Morgan fingerprint density at radius 2 is 1.81 bits per heavy atom. The van der Waals surface area contributed by atoms with E-state index in [2.05, 4.69) is 39.5 Å². The number of pyridine rings is 1. The normalized spacial score (nSPS) is 14.3. The smallest absolute Gasteiger partial charge is 0.224 e. The van der Waals surface area contributed by atoms with Crippen LogP contribution in [0.3, 0.4) is 0 Å². The molecule has 1 N–H and O–H groups in total. The van der Waals surface area contributed by atoms with Crippen molar-refractivity contribution in [2.75, 3.05) is 36.5 Å². The number of nitrogens with zero attached hydrogens (tertiary/aromatic N) is 2. The number of hydrogen-bond acceptors (Lipinski definition) is 4. The van der Waals surface area contributed by atoms with E-state index in [1.165, 1.54) is 11.3 Å². The van der Waals surface area contributed by atoms with Gasteiger partial charge in [-0.05, 0) is 36.2 Å². The molecule has 138 valence electrons. The molecule has 4 rings (SSSR count). The van der Waals surface area contributed by atoms with Crippen LogP contribution in [0.1, 0.15) is 12.0 Å². The topological polar surface area (TPSA) is 54.5 Å². The molecule has 1 aliphatic rings. The molecule has 1 amide bonds. The third-order valence-corrected chi connectivity index (χ3v) is 4.86. The molecule has 3 aromatic rings. The molecule has 2 heterocycles. The van der Waals surface area contributed by atoms with Gasteiger partial charge in [0.2, 0.25) is 5.91 Å². The van der Waals surface area contributed by atoms with Gasteiger partial charge in [0, 0.05) is 36.8 Å². The third kappa shape index (κ3) is 4.26. The quantitative estimate of drug-likeness (QED) is 0.754. The average Bonchev–Trinajstić information content (AvgIpc) is 2.74. The molecule has 1 aliphatic heterocycles. The Morgan fingerprint density at radius 1 is 1.04 bits per heavy atom. The molecule has 2 aromatic carbocycles. The number of para-hydroxylation sites is 1. The molecule has 0 aliphatic carbocycles. The maximum absolute atomic E-state index is 12.4. The molecule has 0 radical (unpaired) electrons. The van der Waals surface area contributed by atoms with Crippen LogP contribution in [0.15, 0.2) is 60.8 Å². The summed E-state index contributed by atoms with van der Waals surface area (Å²) in [5.74, 6) is 0.00501. The van der Waals surface area contributed by atoms with Crippen LogP contribution in [0.2, 0.25) is 0 Å². The average molecular weight is 361 g/mol. The van der Waals surface area contributed by atoms with Gasteiger partial charge in [-0.1, -0.05) is 30.3 Å². The molecular formula is C22H23N3O2. The van der Waals surface area contributed by atoms with Gasteiger partial charge in [0.25, 0.3) is 0 Å². The summed E-state index contributed by atoms with van der Waals surface area (Å²) < 4.78 is 5.39. The molecule has 1 aromatic heterocycles. The molecule has 5 heteroatoms. The number of ether oxygens (including phenoxy) is 1. The Kier molecular flexibility index (Phi) is 5.30. The van der Waals surface area contributed by atoms with Gasteiger partial charge in [-0.2, -0.15) is 0 Å². The van der Waals surface area contributed by atoms with Gasteiger partial charge in [0.1, 0.15) is 0 Å². The number of morpholine rings is 1. The first-order chi connectivity index (χ1) is 13.3. The van der Waals surface area contributed by atoms with E-state index in [9.17, 15) is 4.79 Å². The number of aryl methyl sites for hydroxylation is 1. The maximum atomic E-state index is 12.4. The van der Waals surface area contributed by atoms with Crippen molar-refractivity contribution in [2.24, 2.45) is 0 Å². The zero-order valence-electron chi connectivity index (χ0n) is 15.2. The Bertz CT molecular complexity index is 913. The van der Waals surface area contributed by atoms with Gasteiger partial charge < -0.3 is 15.0 Å². The number of nitrogens with one attached hydrogen (secondary N) is 1. The summed E-state index contributed by atoms with van der Waals surface area (Å²) in [4.78, 5) is 19.1. The van der Waals surface area contributed by atoms with Crippen molar-refractivity contribution >= 4 is 28.2 Å². The second kappa shape index (κ2) is 8.18. The van der Waals surface area contributed by atoms with Crippen molar-refractivity contribution in [3.63, 3.8) is 0 Å². The van der Waals surface area contributed by atoms with Gasteiger partial charge in [-0.25, -0.2) is 0 Å². The lowest BCUT2D eigenvalue weighted by atomic mass is 10.1. The number of amides is 1. The van der Waals surface area contributed by atoms with E-state index < -0.39 is 0 Å². The van der Waals surface area contributed by atoms with Crippen molar-refractivity contribution < 1.29 is 9.53 Å². The van der Waals surface area contributed by atoms with E-state index in [1.807, 2.05) is 30.3 Å². The highest BCUT2D eigenvalue weighted by molar-refractivity contribution is 6.00. The second-order valence-corrected chi connectivity index (χ2v) is 6.69. The van der Waals surface area contributed by atoms with Crippen LogP contribution in [-0.2, 0) is 16.0 Å². The fraction of sp³-hybridized carbons (Fsp3) is 0.273. The molecule has 0 atom stereocenters. The molecule has 0 spiro atoms. The Hall–Kier alpha value is -2.92. The Balaban J connectivity index is 1.35. The van der Waals surface area contributed by atoms with Crippen molar-refractivity contribution in [3.8, 4) is 0 Å². The van der Waals surface area contributed by atoms with Crippen LogP contribution in [0.4, 0.5) is 11.4 Å². The highest BCUT2D eigenvalue weighted by atomic mass is 16.5. The Morgan fingerprint density at radius 3 is 2.63 bits per heavy atom. The second-order valence-electron chi connectivity index (χ2n) is 6.69. The van der Waals surface area contributed by atoms with Crippen LogP contribution in [0.25, 0.3) is 10.9 Å². The molecule has 5 nitrogen and oxygen atoms in total. The van der Waals surface area contributed by atoms with Crippen molar-refractivity contribution in [1.82, 2.24) is 4.98 Å². The van der Waals surface area contributed by atoms with Gasteiger partial charge in [0.05, 0.1) is 24.4 Å². The molecule has 1 saturated heterocycles. The van der Waals surface area contributed by atoms with E-state index >= 15 is 0 Å². The summed E-state index contributed by atoms with van der Waals surface area (Å²) in [5, 5.41) is 4.02. The number of hydrogen-bond donors (Lipinski definition) is 1.